The molecule has 2 aromatic heterocycles. The van der Waals surface area contributed by atoms with Crippen LogP contribution in [0.4, 0.5) is 4.39 Å². The number of carbonyl (C=O) groups is 1. The van der Waals surface area contributed by atoms with Crippen molar-refractivity contribution in [3.63, 3.8) is 0 Å². The molecule has 242 valence electrons. The summed E-state index contributed by atoms with van der Waals surface area (Å²) in [5.41, 5.74) is 3.84. The molecule has 0 saturated heterocycles. The van der Waals surface area contributed by atoms with Gasteiger partial charge in [-0.05, 0) is 72.7 Å². The zero-order chi connectivity index (χ0) is 33.5. The van der Waals surface area contributed by atoms with E-state index in [9.17, 15) is 14.0 Å². The molecular formula is C38H32FN3O5S. The first-order valence-corrected chi connectivity index (χ1v) is 16.3. The normalized spacial score (nSPS) is 14.7. The minimum atomic E-state index is -0.881. The number of para-hydroxylation sites is 1. The number of allylic oxidation sites excluding steroid dienone is 1. The fourth-order valence-corrected chi connectivity index (χ4v) is 7.44. The molecule has 0 aliphatic carbocycles. The number of esters is 1. The Morgan fingerprint density at radius 1 is 1.00 bits per heavy atom. The average molecular weight is 662 g/mol. The Hall–Kier alpha value is -5.48. The minimum absolute atomic E-state index is 0.162. The van der Waals surface area contributed by atoms with E-state index in [-0.39, 0.29) is 23.6 Å². The first-order chi connectivity index (χ1) is 23.3. The summed E-state index contributed by atoms with van der Waals surface area (Å²) in [6.45, 7) is 4.20. The maximum atomic E-state index is 14.6. The monoisotopic (exact) mass is 661 g/mol. The lowest BCUT2D eigenvalue weighted by Gasteiger charge is -2.27. The van der Waals surface area contributed by atoms with E-state index in [1.165, 1.54) is 23.5 Å². The first-order valence-electron chi connectivity index (χ1n) is 15.5. The van der Waals surface area contributed by atoms with Crippen LogP contribution in [0, 0.1) is 5.82 Å². The van der Waals surface area contributed by atoms with Gasteiger partial charge in [0.25, 0.3) is 5.56 Å². The van der Waals surface area contributed by atoms with E-state index in [0.717, 1.165) is 32.8 Å². The molecule has 0 bridgehead atoms. The van der Waals surface area contributed by atoms with Crippen molar-refractivity contribution in [1.82, 2.24) is 9.13 Å². The fraction of sp³-hybridized carbons (Fsp3) is 0.184. The van der Waals surface area contributed by atoms with Crippen LogP contribution >= 0.6 is 11.3 Å². The summed E-state index contributed by atoms with van der Waals surface area (Å²) < 4.78 is 34.7. The molecule has 1 aliphatic heterocycles. The Kier molecular flexibility index (Phi) is 8.18. The molecular weight excluding hydrogens is 629 g/mol. The number of hydrogen-bond acceptors (Lipinski definition) is 7. The molecule has 0 spiro atoms. The number of carbonyl (C=O) groups excluding carboxylic acids is 1. The van der Waals surface area contributed by atoms with Gasteiger partial charge in [0.2, 0.25) is 0 Å². The molecule has 3 heterocycles. The molecule has 1 atom stereocenters. The first kappa shape index (κ1) is 31.1. The molecule has 0 unspecified atom stereocenters. The predicted molar refractivity (Wildman–Crippen MR) is 185 cm³/mol. The molecule has 10 heteroatoms. The van der Waals surface area contributed by atoms with Crippen molar-refractivity contribution in [1.29, 1.82) is 0 Å². The van der Waals surface area contributed by atoms with E-state index in [1.54, 1.807) is 44.8 Å². The van der Waals surface area contributed by atoms with Crippen LogP contribution in [-0.2, 0) is 16.1 Å². The second-order valence-corrected chi connectivity index (χ2v) is 12.4. The topological polar surface area (TPSA) is 84.1 Å². The standard InChI is InChI=1S/C38H32FN3O5S/c1-5-47-37(44)33-22(2)40-38-42(35(33)34-29-19-27(45-3)16-12-24(29)13-17-31(34)46-4)36(43)32(48-38)18-25-21-41(30-9-7-6-8-28(25)30)20-23-10-14-26(39)15-11-23/h6-19,21,35H,5,20H2,1-4H3/t35-/m1/s1. The van der Waals surface area contributed by atoms with E-state index < -0.39 is 12.0 Å². The lowest BCUT2D eigenvalue weighted by molar-refractivity contribution is -0.139. The van der Waals surface area contributed by atoms with Gasteiger partial charge in [0.15, 0.2) is 4.80 Å². The fourth-order valence-electron chi connectivity index (χ4n) is 6.40. The van der Waals surface area contributed by atoms with Crippen molar-refractivity contribution < 1.29 is 23.4 Å². The second-order valence-electron chi connectivity index (χ2n) is 11.4. The SMILES string of the molecule is CCOC(=O)C1=C(C)N=c2sc(=Cc3cn(Cc4ccc(F)cc4)c4ccccc34)c(=O)n2[C@H]1c1c(OC)ccc2ccc(OC)cc12. The molecule has 8 nitrogen and oxygen atoms in total. The maximum Gasteiger partial charge on any atom is 0.338 e. The Balaban J connectivity index is 1.46. The highest BCUT2D eigenvalue weighted by Gasteiger charge is 2.36. The van der Waals surface area contributed by atoms with Crippen LogP contribution in [0.1, 0.15) is 36.6 Å². The quantitative estimate of drug-likeness (QED) is 0.184. The average Bonchev–Trinajstić information content (AvgIpc) is 3.60. The third kappa shape index (κ3) is 5.37. The van der Waals surface area contributed by atoms with Crippen LogP contribution in [0.3, 0.4) is 0 Å². The number of hydrogen-bond donors (Lipinski definition) is 0. The van der Waals surface area contributed by atoms with Gasteiger partial charge >= 0.3 is 5.97 Å². The van der Waals surface area contributed by atoms with Gasteiger partial charge in [0, 0.05) is 34.8 Å². The van der Waals surface area contributed by atoms with E-state index in [1.807, 2.05) is 66.9 Å². The Bertz CT molecular complexity index is 2430. The molecule has 0 amide bonds. The highest BCUT2D eigenvalue weighted by atomic mass is 32.1. The smallest absolute Gasteiger partial charge is 0.338 e. The van der Waals surface area contributed by atoms with Crippen molar-refractivity contribution in [2.75, 3.05) is 20.8 Å². The largest absolute Gasteiger partial charge is 0.497 e. The zero-order valence-electron chi connectivity index (χ0n) is 26.8. The van der Waals surface area contributed by atoms with Crippen molar-refractivity contribution in [3.8, 4) is 11.5 Å². The number of ether oxygens (including phenoxy) is 3. The molecule has 0 N–H and O–H groups in total. The van der Waals surface area contributed by atoms with Gasteiger partial charge in [-0.15, -0.1) is 0 Å². The number of aromatic nitrogens is 2. The van der Waals surface area contributed by atoms with Crippen LogP contribution in [-0.4, -0.2) is 35.9 Å². The summed E-state index contributed by atoms with van der Waals surface area (Å²) in [6, 6.07) is 23.0. The molecule has 1 aliphatic rings. The lowest BCUT2D eigenvalue weighted by atomic mass is 9.90. The van der Waals surface area contributed by atoms with Crippen molar-refractivity contribution in [3.05, 3.63) is 139 Å². The van der Waals surface area contributed by atoms with Crippen molar-refractivity contribution >= 4 is 45.1 Å². The Morgan fingerprint density at radius 2 is 1.77 bits per heavy atom. The van der Waals surface area contributed by atoms with Gasteiger partial charge < -0.3 is 18.8 Å². The van der Waals surface area contributed by atoms with E-state index in [0.29, 0.717) is 38.6 Å². The molecule has 0 saturated carbocycles. The minimum Gasteiger partial charge on any atom is -0.497 e. The highest BCUT2D eigenvalue weighted by Crippen LogP contribution is 2.41. The number of nitrogens with zero attached hydrogens (tertiary/aromatic N) is 3. The Labute approximate surface area is 279 Å². The summed E-state index contributed by atoms with van der Waals surface area (Å²) in [4.78, 5) is 33.4. The summed E-state index contributed by atoms with van der Waals surface area (Å²) >= 11 is 1.26. The van der Waals surface area contributed by atoms with E-state index >= 15 is 0 Å². The number of fused-ring (bicyclic) bond motifs is 3. The molecule has 0 radical (unpaired) electrons. The molecule has 6 aromatic rings. The number of benzene rings is 4. The summed E-state index contributed by atoms with van der Waals surface area (Å²) in [6.07, 6.45) is 3.87. The second kappa shape index (κ2) is 12.6. The van der Waals surface area contributed by atoms with Crippen LogP contribution in [0.25, 0.3) is 27.8 Å². The number of halogens is 1. The number of thiazole rings is 1. The van der Waals surface area contributed by atoms with Crippen LogP contribution in [0.5, 0.6) is 11.5 Å². The maximum absolute atomic E-state index is 14.6. The van der Waals surface area contributed by atoms with Gasteiger partial charge in [-0.3, -0.25) is 9.36 Å². The summed E-state index contributed by atoms with van der Waals surface area (Å²) in [5.74, 6) is 0.298. The molecule has 0 fully saturated rings. The van der Waals surface area contributed by atoms with Crippen LogP contribution in [0.15, 0.2) is 106 Å². The molecule has 4 aromatic carbocycles. The number of rotatable bonds is 8. The van der Waals surface area contributed by atoms with Crippen molar-refractivity contribution in [2.24, 2.45) is 4.99 Å². The molecule has 7 rings (SSSR count). The summed E-state index contributed by atoms with van der Waals surface area (Å²) in [5, 5.41) is 2.63. The van der Waals surface area contributed by atoms with Gasteiger partial charge in [0.05, 0.1) is 36.6 Å². The van der Waals surface area contributed by atoms with Crippen molar-refractivity contribution in [2.45, 2.75) is 26.4 Å². The lowest BCUT2D eigenvalue weighted by Crippen LogP contribution is -2.40. The zero-order valence-corrected chi connectivity index (χ0v) is 27.6. The summed E-state index contributed by atoms with van der Waals surface area (Å²) in [7, 11) is 3.16. The van der Waals surface area contributed by atoms with E-state index in [4.69, 9.17) is 19.2 Å². The third-order valence-corrected chi connectivity index (χ3v) is 9.60. The highest BCUT2D eigenvalue weighted by molar-refractivity contribution is 7.07. The van der Waals surface area contributed by atoms with Gasteiger partial charge in [-0.2, -0.15) is 0 Å². The third-order valence-electron chi connectivity index (χ3n) is 8.61. The predicted octanol–water partition coefficient (Wildman–Crippen LogP) is 6.11. The van der Waals surface area contributed by atoms with Crippen LogP contribution < -0.4 is 24.4 Å². The van der Waals surface area contributed by atoms with Gasteiger partial charge in [-0.1, -0.05) is 53.8 Å². The van der Waals surface area contributed by atoms with E-state index in [2.05, 4.69) is 4.57 Å². The van der Waals surface area contributed by atoms with Gasteiger partial charge in [0.1, 0.15) is 23.4 Å². The number of methoxy groups -OCH3 is 2. The van der Waals surface area contributed by atoms with Gasteiger partial charge in [-0.25, -0.2) is 14.2 Å². The van der Waals surface area contributed by atoms with Crippen LogP contribution in [0.2, 0.25) is 0 Å². The molecule has 48 heavy (non-hydrogen) atoms. The Morgan fingerprint density at radius 3 is 2.52 bits per heavy atom.